The molecule has 0 spiro atoms. The van der Waals surface area contributed by atoms with E-state index >= 15 is 0 Å². The van der Waals surface area contributed by atoms with Gasteiger partial charge in [-0.25, -0.2) is 0 Å². The zero-order chi connectivity index (χ0) is 33.6. The van der Waals surface area contributed by atoms with Crippen molar-refractivity contribution in [2.75, 3.05) is 36.0 Å². The van der Waals surface area contributed by atoms with Crippen LogP contribution in [0.4, 0.5) is 21.0 Å². The third kappa shape index (κ3) is 14.1. The number of carbonyl (C=O) groups is 2. The van der Waals surface area contributed by atoms with Crippen LogP contribution in [0.3, 0.4) is 0 Å². The Kier molecular flexibility index (Phi) is 19.5. The molecule has 2 saturated heterocycles. The van der Waals surface area contributed by atoms with E-state index in [1.165, 1.54) is 84.8 Å². The van der Waals surface area contributed by atoms with Crippen molar-refractivity contribution in [2.24, 2.45) is 0 Å². The van der Waals surface area contributed by atoms with Crippen LogP contribution in [0.15, 0.2) is 72.8 Å². The number of anilines is 2. The topological polar surface area (TPSA) is 88.2 Å². The first-order valence-corrected chi connectivity index (χ1v) is 28.8. The van der Waals surface area contributed by atoms with Gasteiger partial charge in [0.1, 0.15) is 0 Å². The molecule has 12 heteroatoms. The van der Waals surface area contributed by atoms with Gasteiger partial charge in [0.15, 0.2) is 0 Å². The molecule has 2 N–H and O–H groups in total. The quantitative estimate of drug-likeness (QED) is 0.151. The average Bonchev–Trinajstić information content (AvgIpc) is 3.79. The number of nitrogens with zero attached hydrogens (tertiary/aromatic N) is 2. The van der Waals surface area contributed by atoms with Crippen molar-refractivity contribution >= 4 is 96.9 Å². The fourth-order valence-electron chi connectivity index (χ4n) is 4.74. The van der Waals surface area contributed by atoms with Gasteiger partial charge in [-0.3, -0.25) is 0 Å². The summed E-state index contributed by atoms with van der Waals surface area (Å²) in [7, 11) is 6.45. The Balaban J connectivity index is 0.000000311. The van der Waals surface area contributed by atoms with Gasteiger partial charge in [0, 0.05) is 57.0 Å². The summed E-state index contributed by atoms with van der Waals surface area (Å²) in [6, 6.07) is 26.3. The second kappa shape index (κ2) is 21.0. The smallest absolute Gasteiger partial charge is 0.00815 e. The van der Waals surface area contributed by atoms with E-state index in [0.717, 1.165) is 0 Å². The number of hydrogen-bond acceptors (Lipinski definition) is 4. The predicted octanol–water partition coefficient (Wildman–Crippen LogP) is 11.5. The van der Waals surface area contributed by atoms with E-state index in [0.29, 0.717) is 0 Å². The molecule has 0 bridgehead atoms. The summed E-state index contributed by atoms with van der Waals surface area (Å²) in [5, 5.41) is 5.56. The van der Waals surface area contributed by atoms with Crippen molar-refractivity contribution in [3.8, 4) is 0 Å². The van der Waals surface area contributed by atoms with Crippen LogP contribution in [-0.2, 0) is 20.8 Å². The molecule has 2 heterocycles. The number of amides is 2. The molecule has 46 heavy (non-hydrogen) atoms. The van der Waals surface area contributed by atoms with Crippen LogP contribution >= 0.6 is 17.0 Å². The fourth-order valence-corrected chi connectivity index (χ4v) is 4.74. The molecule has 0 aromatic heterocycles. The van der Waals surface area contributed by atoms with E-state index in [4.69, 9.17) is 28.5 Å². The van der Waals surface area contributed by atoms with E-state index < -0.39 is 37.0 Å². The minimum Gasteiger partial charge on any atom is -0.417 e. The fraction of sp³-hybridized carbons (Fsp3) is 0.412. The number of rotatable bonds is 4. The Morgan fingerprint density at radius 2 is 0.913 bits per heavy atom. The molecular formula is C34H48Cl2GaN4O2Si2Zr-4. The maximum absolute atomic E-state index is 10.2. The van der Waals surface area contributed by atoms with Gasteiger partial charge in [0.05, 0.1) is 16.1 Å². The summed E-state index contributed by atoms with van der Waals surface area (Å²) in [4.78, 5) is 25.4. The van der Waals surface area contributed by atoms with Gasteiger partial charge in [-0.2, -0.15) is 0 Å². The summed E-state index contributed by atoms with van der Waals surface area (Å²) in [6.07, 6.45) is 5.39. The van der Waals surface area contributed by atoms with Crippen molar-refractivity contribution in [3.63, 3.8) is 0 Å². The first-order valence-electron chi connectivity index (χ1n) is 15.5. The van der Waals surface area contributed by atoms with Crippen LogP contribution in [0.25, 0.3) is 33.0 Å². The van der Waals surface area contributed by atoms with Crippen LogP contribution in [-0.4, -0.2) is 73.2 Å². The van der Waals surface area contributed by atoms with Gasteiger partial charge >= 0.3 is 37.9 Å². The molecule has 0 unspecified atom stereocenters. The van der Waals surface area contributed by atoms with E-state index in [1.807, 2.05) is 39.3 Å². The summed E-state index contributed by atoms with van der Waals surface area (Å²) < 4.78 is 0. The van der Waals surface area contributed by atoms with Gasteiger partial charge in [0.25, 0.3) is 0 Å². The molecule has 249 valence electrons. The Morgan fingerprint density at radius 1 is 0.652 bits per heavy atom. The largest absolute Gasteiger partial charge is 0.417 e. The van der Waals surface area contributed by atoms with E-state index in [-0.39, 0.29) is 30.9 Å². The molecule has 2 aliphatic rings. The second-order valence-electron chi connectivity index (χ2n) is 13.2. The van der Waals surface area contributed by atoms with Gasteiger partial charge < -0.3 is 30.9 Å². The number of nitrogens with one attached hydrogen (secondary N) is 2. The van der Waals surface area contributed by atoms with Crippen LogP contribution < -0.4 is 9.80 Å². The van der Waals surface area contributed by atoms with Crippen LogP contribution in [0.5, 0.6) is 0 Å². The Labute approximate surface area is 310 Å². The molecule has 2 fully saturated rings. The van der Waals surface area contributed by atoms with Crippen LogP contribution in [0.1, 0.15) is 25.7 Å². The maximum atomic E-state index is 10.2. The maximum Gasteiger partial charge on any atom is 0.00815 e. The minimum absolute atomic E-state index is 0. The van der Waals surface area contributed by atoms with Gasteiger partial charge in [0.2, 0.25) is 0 Å². The third-order valence-electron chi connectivity index (χ3n) is 7.57. The van der Waals surface area contributed by atoms with Crippen LogP contribution in [0, 0.1) is 0 Å². The number of hydrogen-bond donors (Lipinski definition) is 0. The molecule has 3 radical (unpaired) electrons. The molecule has 2 aliphatic heterocycles. The summed E-state index contributed by atoms with van der Waals surface area (Å²) in [5.41, 5.74) is 15.4. The van der Waals surface area contributed by atoms with Gasteiger partial charge in [-0.05, 0) is 25.7 Å². The van der Waals surface area contributed by atoms with E-state index in [9.17, 15) is 9.59 Å². The Morgan fingerprint density at radius 3 is 1.17 bits per heavy atom. The number of carbonyl (C=O) groups excluding carboxylic acids is 2. The molecule has 6 nitrogen and oxygen atoms in total. The van der Waals surface area contributed by atoms with E-state index in [2.05, 4.69) is 82.6 Å². The zero-order valence-electron chi connectivity index (χ0n) is 28.1. The predicted molar refractivity (Wildman–Crippen MR) is 206 cm³/mol. The van der Waals surface area contributed by atoms with Crippen molar-refractivity contribution in [3.05, 3.63) is 84.3 Å². The first kappa shape index (κ1) is 42.8. The average molecular weight is 833 g/mol. The van der Waals surface area contributed by atoms with Crippen molar-refractivity contribution < 1.29 is 30.4 Å². The van der Waals surface area contributed by atoms with Crippen molar-refractivity contribution in [1.82, 2.24) is 0 Å². The number of benzene rings is 2. The van der Waals surface area contributed by atoms with E-state index in [1.54, 1.807) is 0 Å². The first-order chi connectivity index (χ1) is 21.2. The Hall–Kier alpha value is -1.27. The molecule has 0 aliphatic carbocycles. The molecule has 6 rings (SSSR count). The van der Waals surface area contributed by atoms with Crippen molar-refractivity contribution in [2.45, 2.75) is 65.0 Å². The standard InChI is InChI=1S/2C13H14N.2C4H11NOSi.2ClH.Ga.Zr/c2*1-2-6-12-11(5-1)7-8-13(12)14-9-3-4-10-14;2*1-7(2,3)4(5)6;;;;/h2*1-2,5-8H,3-4,9-10H2;2*1-3H3,(H2,5,6);2*1H;;/q2*-1;;;;;;+2/p-4. The third-order valence-corrected chi connectivity index (χ3v) is 10.3. The summed E-state index contributed by atoms with van der Waals surface area (Å²) in [5.74, 6) is 0. The molecule has 2 amide bonds. The molecule has 0 atom stereocenters. The monoisotopic (exact) mass is 829 g/mol. The van der Waals surface area contributed by atoms with Gasteiger partial charge in [-0.15, -0.1) is 82.2 Å². The molecular weight excluding hydrogens is 784 g/mol. The van der Waals surface area contributed by atoms with Crippen LogP contribution in [0.2, 0.25) is 39.3 Å². The molecule has 4 aromatic rings. The number of fused-ring (bicyclic) bond motifs is 2. The normalized spacial score (nSPS) is 13.9. The summed E-state index contributed by atoms with van der Waals surface area (Å²) >= 11 is -0.826. The second-order valence-corrected chi connectivity index (χ2v) is 26.9. The minimum atomic E-state index is -1.71. The zero-order valence-corrected chi connectivity index (χ0v) is 36.5. The molecule has 0 saturated carbocycles. The Bertz CT molecular complexity index is 1370. The van der Waals surface area contributed by atoms with Gasteiger partial charge in [-0.1, -0.05) is 62.8 Å². The van der Waals surface area contributed by atoms with Crippen molar-refractivity contribution in [1.29, 1.82) is 0 Å². The summed E-state index contributed by atoms with van der Waals surface area (Å²) in [6.45, 7) is 16.1. The number of halogens is 2. The molecule has 4 aromatic carbocycles. The SMILES string of the molecule is C[Si](C)(C)C([NH-])=O.C[Si](C)(C)C([NH-])=O.[Cl][Zr][Cl].[Ga].c1ccc2c(N3CCCC3)c[cH-]c2c1.c1ccc2c(N3CCCC3)c[cH-]c2c1.